The lowest BCUT2D eigenvalue weighted by atomic mass is 10.2. The number of fused-ring (bicyclic) bond motifs is 1. The molecule has 0 amide bonds. The van der Waals surface area contributed by atoms with Crippen molar-refractivity contribution in [2.24, 2.45) is 0 Å². The van der Waals surface area contributed by atoms with Gasteiger partial charge in [-0.05, 0) is 25.1 Å². The maximum Gasteiger partial charge on any atom is 0.339 e. The molecule has 0 unspecified atom stereocenters. The van der Waals surface area contributed by atoms with Gasteiger partial charge in [-0.15, -0.1) is 0 Å². The first kappa shape index (κ1) is 9.58. The van der Waals surface area contributed by atoms with E-state index >= 15 is 0 Å². The van der Waals surface area contributed by atoms with Gasteiger partial charge in [-0.25, -0.2) is 4.79 Å². The van der Waals surface area contributed by atoms with Crippen LogP contribution >= 0.6 is 0 Å². The molecule has 0 saturated carbocycles. The van der Waals surface area contributed by atoms with E-state index in [-0.39, 0.29) is 17.1 Å². The molecular weight excluding hydrogens is 196 g/mol. The molecule has 4 heteroatoms. The second-order valence-corrected chi connectivity index (χ2v) is 3.25. The maximum atomic E-state index is 11.3. The van der Waals surface area contributed by atoms with Crippen molar-refractivity contribution < 1.29 is 14.3 Å². The van der Waals surface area contributed by atoms with E-state index in [0.29, 0.717) is 5.56 Å². The molecule has 78 valence electrons. The first-order valence-electron chi connectivity index (χ1n) is 4.44. The van der Waals surface area contributed by atoms with Crippen LogP contribution in [0.5, 0.6) is 11.5 Å². The standard InChI is InChI=1S/C11H10O4/c1-6-5-7-3-4-8(12)10(14-2)9(7)15-11(6)13/h3-5,12H,1-2H3. The van der Waals surface area contributed by atoms with Crippen LogP contribution in [0.3, 0.4) is 0 Å². The fraction of sp³-hybridized carbons (Fsp3) is 0.182. The molecule has 1 heterocycles. The van der Waals surface area contributed by atoms with E-state index in [1.807, 2.05) is 0 Å². The van der Waals surface area contributed by atoms with Crippen molar-refractivity contribution in [2.45, 2.75) is 6.92 Å². The second kappa shape index (κ2) is 3.31. The van der Waals surface area contributed by atoms with E-state index in [4.69, 9.17) is 9.15 Å². The fourth-order valence-electron chi connectivity index (χ4n) is 1.45. The summed E-state index contributed by atoms with van der Waals surface area (Å²) in [6.45, 7) is 1.67. The van der Waals surface area contributed by atoms with Gasteiger partial charge in [0.2, 0.25) is 5.75 Å². The number of hydrogen-bond donors (Lipinski definition) is 1. The zero-order valence-electron chi connectivity index (χ0n) is 8.40. The Morgan fingerprint density at radius 2 is 2.13 bits per heavy atom. The summed E-state index contributed by atoms with van der Waals surface area (Å²) in [5.41, 5.74) is 0.370. The molecule has 0 fully saturated rings. The molecule has 1 N–H and O–H groups in total. The summed E-state index contributed by atoms with van der Waals surface area (Å²) in [4.78, 5) is 11.3. The Balaban J connectivity index is 2.92. The van der Waals surface area contributed by atoms with Crippen LogP contribution in [0.15, 0.2) is 27.4 Å². The minimum absolute atomic E-state index is 0.0444. The number of methoxy groups -OCH3 is 1. The molecule has 0 atom stereocenters. The van der Waals surface area contributed by atoms with Gasteiger partial charge >= 0.3 is 5.63 Å². The van der Waals surface area contributed by atoms with Crippen molar-refractivity contribution >= 4 is 11.0 Å². The Morgan fingerprint density at radius 1 is 1.40 bits per heavy atom. The van der Waals surface area contributed by atoms with E-state index in [2.05, 4.69) is 0 Å². The Bertz CT molecular complexity index is 569. The normalized spacial score (nSPS) is 10.5. The molecule has 2 aromatic rings. The highest BCUT2D eigenvalue weighted by molar-refractivity contribution is 5.85. The van der Waals surface area contributed by atoms with E-state index < -0.39 is 5.63 Å². The van der Waals surface area contributed by atoms with Crippen LogP contribution in [-0.2, 0) is 0 Å². The van der Waals surface area contributed by atoms with Gasteiger partial charge in [0.1, 0.15) is 0 Å². The lowest BCUT2D eigenvalue weighted by Gasteiger charge is -2.06. The van der Waals surface area contributed by atoms with Crippen molar-refractivity contribution in [3.8, 4) is 11.5 Å². The molecule has 0 aliphatic heterocycles. The van der Waals surface area contributed by atoms with Gasteiger partial charge in [-0.1, -0.05) is 0 Å². The first-order chi connectivity index (χ1) is 7.13. The van der Waals surface area contributed by atoms with Gasteiger partial charge in [-0.3, -0.25) is 0 Å². The molecular formula is C11H10O4. The monoisotopic (exact) mass is 206 g/mol. The number of benzene rings is 1. The summed E-state index contributed by atoms with van der Waals surface area (Å²) in [6, 6.07) is 4.87. The minimum atomic E-state index is -0.425. The highest BCUT2D eigenvalue weighted by Crippen LogP contribution is 2.33. The average Bonchev–Trinajstić information content (AvgIpc) is 2.21. The lowest BCUT2D eigenvalue weighted by Crippen LogP contribution is -2.02. The molecule has 0 spiro atoms. The van der Waals surface area contributed by atoms with Crippen LogP contribution in [0, 0.1) is 6.92 Å². The maximum absolute atomic E-state index is 11.3. The van der Waals surface area contributed by atoms with Gasteiger partial charge in [0.05, 0.1) is 7.11 Å². The van der Waals surface area contributed by atoms with Crippen molar-refractivity contribution in [3.63, 3.8) is 0 Å². The topological polar surface area (TPSA) is 59.7 Å². The third-order valence-electron chi connectivity index (χ3n) is 2.21. The molecule has 4 nitrogen and oxygen atoms in total. The minimum Gasteiger partial charge on any atom is -0.504 e. The Kier molecular flexibility index (Phi) is 2.11. The van der Waals surface area contributed by atoms with Crippen LogP contribution in [-0.4, -0.2) is 12.2 Å². The van der Waals surface area contributed by atoms with Gasteiger partial charge in [0.25, 0.3) is 0 Å². The zero-order valence-corrected chi connectivity index (χ0v) is 8.40. The SMILES string of the molecule is COc1c(O)ccc2cc(C)c(=O)oc12. The predicted octanol–water partition coefficient (Wildman–Crippen LogP) is 1.82. The molecule has 2 rings (SSSR count). The molecule has 0 aliphatic carbocycles. The average molecular weight is 206 g/mol. The van der Waals surface area contributed by atoms with Crippen LogP contribution in [0.2, 0.25) is 0 Å². The third kappa shape index (κ3) is 1.44. The summed E-state index contributed by atoms with van der Waals surface area (Å²) < 4.78 is 10.0. The third-order valence-corrected chi connectivity index (χ3v) is 2.21. The number of phenolic OH excluding ortho intramolecular Hbond substituents is 1. The molecule has 1 aromatic carbocycles. The van der Waals surface area contributed by atoms with E-state index in [0.717, 1.165) is 5.39 Å². The number of rotatable bonds is 1. The largest absolute Gasteiger partial charge is 0.504 e. The van der Waals surface area contributed by atoms with Crippen LogP contribution < -0.4 is 10.4 Å². The van der Waals surface area contributed by atoms with E-state index in [1.165, 1.54) is 13.2 Å². The zero-order chi connectivity index (χ0) is 11.0. The van der Waals surface area contributed by atoms with Gasteiger partial charge in [0.15, 0.2) is 11.3 Å². The van der Waals surface area contributed by atoms with Gasteiger partial charge in [-0.2, -0.15) is 0 Å². The van der Waals surface area contributed by atoms with Crippen molar-refractivity contribution in [2.75, 3.05) is 7.11 Å². The highest BCUT2D eigenvalue weighted by atomic mass is 16.5. The Labute approximate surface area is 85.7 Å². The summed E-state index contributed by atoms with van der Waals surface area (Å²) in [7, 11) is 1.41. The molecule has 1 aromatic heterocycles. The predicted molar refractivity (Wildman–Crippen MR) is 55.4 cm³/mol. The van der Waals surface area contributed by atoms with E-state index in [1.54, 1.807) is 19.1 Å². The van der Waals surface area contributed by atoms with Crippen LogP contribution in [0.25, 0.3) is 11.0 Å². The van der Waals surface area contributed by atoms with Crippen LogP contribution in [0.1, 0.15) is 5.56 Å². The Morgan fingerprint density at radius 3 is 2.80 bits per heavy atom. The Hall–Kier alpha value is -1.97. The van der Waals surface area contributed by atoms with Gasteiger partial charge in [0, 0.05) is 10.9 Å². The van der Waals surface area contributed by atoms with Gasteiger partial charge < -0.3 is 14.3 Å². The number of hydrogen-bond acceptors (Lipinski definition) is 4. The number of phenols is 1. The quantitative estimate of drug-likeness (QED) is 0.723. The highest BCUT2D eigenvalue weighted by Gasteiger charge is 2.11. The molecule has 15 heavy (non-hydrogen) atoms. The first-order valence-corrected chi connectivity index (χ1v) is 4.44. The van der Waals surface area contributed by atoms with Crippen molar-refractivity contribution in [1.82, 2.24) is 0 Å². The molecule has 0 radical (unpaired) electrons. The van der Waals surface area contributed by atoms with Crippen LogP contribution in [0.4, 0.5) is 0 Å². The summed E-state index contributed by atoms with van der Waals surface area (Å²) >= 11 is 0. The molecule has 0 bridgehead atoms. The van der Waals surface area contributed by atoms with Crippen molar-refractivity contribution in [3.05, 3.63) is 34.2 Å². The summed E-state index contributed by atoms with van der Waals surface area (Å²) in [5, 5.41) is 10.2. The van der Waals surface area contributed by atoms with Crippen molar-refractivity contribution in [1.29, 1.82) is 0 Å². The number of ether oxygens (including phenoxy) is 1. The number of aryl methyl sites for hydroxylation is 1. The summed E-state index contributed by atoms with van der Waals surface area (Å²) in [5.74, 6) is 0.140. The smallest absolute Gasteiger partial charge is 0.339 e. The number of aromatic hydroxyl groups is 1. The molecule has 0 saturated heterocycles. The summed E-state index contributed by atoms with van der Waals surface area (Å²) in [6.07, 6.45) is 0. The second-order valence-electron chi connectivity index (χ2n) is 3.25. The van der Waals surface area contributed by atoms with E-state index in [9.17, 15) is 9.90 Å². The molecule has 0 aliphatic rings. The fourth-order valence-corrected chi connectivity index (χ4v) is 1.45. The lowest BCUT2D eigenvalue weighted by molar-refractivity contribution is 0.368.